The molecule has 6 heteroatoms. The number of ether oxygens (including phenoxy) is 1. The number of hydrogen-bond donors (Lipinski definition) is 1. The highest BCUT2D eigenvalue weighted by molar-refractivity contribution is 7.80. The molecule has 0 aliphatic rings. The van der Waals surface area contributed by atoms with Gasteiger partial charge in [-0.15, -0.1) is 0 Å². The molecule has 0 aliphatic carbocycles. The summed E-state index contributed by atoms with van der Waals surface area (Å²) < 4.78 is 43.5. The summed E-state index contributed by atoms with van der Waals surface area (Å²) in [4.78, 5) is 0.396. The van der Waals surface area contributed by atoms with Crippen LogP contribution in [-0.4, -0.2) is 11.6 Å². The van der Waals surface area contributed by atoms with E-state index in [1.165, 1.54) is 18.2 Å². The topological polar surface area (TPSA) is 35.2 Å². The average Bonchev–Trinajstić information content (AvgIpc) is 2.34. The second kappa shape index (κ2) is 6.43. The van der Waals surface area contributed by atoms with Gasteiger partial charge in [-0.25, -0.2) is 0 Å². The van der Waals surface area contributed by atoms with Crippen LogP contribution >= 0.6 is 12.2 Å². The zero-order valence-electron chi connectivity index (χ0n) is 11.5. The molecule has 0 unspecified atom stereocenters. The van der Waals surface area contributed by atoms with Crippen molar-refractivity contribution in [3.8, 4) is 5.75 Å². The molecular weight excluding hydrogens is 287 g/mol. The van der Waals surface area contributed by atoms with Gasteiger partial charge in [-0.3, -0.25) is 0 Å². The van der Waals surface area contributed by atoms with Crippen molar-refractivity contribution in [3.63, 3.8) is 0 Å². The molecule has 0 fully saturated rings. The van der Waals surface area contributed by atoms with Crippen molar-refractivity contribution in [2.24, 2.45) is 11.1 Å². The van der Waals surface area contributed by atoms with Gasteiger partial charge in [0.05, 0.1) is 17.2 Å². The highest BCUT2D eigenvalue weighted by Gasteiger charge is 2.34. The summed E-state index contributed by atoms with van der Waals surface area (Å²) in [6, 6.07) is 5.19. The summed E-state index contributed by atoms with van der Waals surface area (Å²) in [5.41, 5.74) is 4.51. The molecule has 0 saturated heterocycles. The average molecular weight is 305 g/mol. The Morgan fingerprint density at radius 3 is 2.40 bits per heavy atom. The fraction of sp³-hybridized carbons (Fsp3) is 0.500. The molecule has 0 amide bonds. The second-order valence-electron chi connectivity index (χ2n) is 5.19. The van der Waals surface area contributed by atoms with E-state index < -0.39 is 11.7 Å². The van der Waals surface area contributed by atoms with Crippen molar-refractivity contribution in [3.05, 3.63) is 29.8 Å². The van der Waals surface area contributed by atoms with Gasteiger partial charge in [0.25, 0.3) is 0 Å². The summed E-state index contributed by atoms with van der Waals surface area (Å²) in [5, 5.41) is 0. The van der Waals surface area contributed by atoms with Crippen LogP contribution in [0.4, 0.5) is 13.2 Å². The molecule has 2 nitrogen and oxygen atoms in total. The molecule has 0 saturated carbocycles. The van der Waals surface area contributed by atoms with Gasteiger partial charge in [-0.05, 0) is 25.0 Å². The van der Waals surface area contributed by atoms with E-state index in [9.17, 15) is 13.2 Å². The number of para-hydroxylation sites is 1. The molecule has 0 heterocycles. The molecule has 0 aliphatic heterocycles. The molecule has 0 aromatic heterocycles. The van der Waals surface area contributed by atoms with Crippen LogP contribution in [0.25, 0.3) is 0 Å². The Bertz CT molecular complexity index is 472. The minimum absolute atomic E-state index is 0.145. The molecule has 0 radical (unpaired) electrons. The number of halogens is 3. The molecule has 2 N–H and O–H groups in total. The summed E-state index contributed by atoms with van der Waals surface area (Å²) in [6.07, 6.45) is -3.16. The lowest BCUT2D eigenvalue weighted by Gasteiger charge is -2.23. The molecule has 0 bridgehead atoms. The minimum Gasteiger partial charge on any atom is -0.493 e. The quantitative estimate of drug-likeness (QED) is 0.632. The maximum atomic E-state index is 12.7. The van der Waals surface area contributed by atoms with Gasteiger partial charge in [0.1, 0.15) is 5.75 Å². The summed E-state index contributed by atoms with van der Waals surface area (Å²) >= 11 is 4.93. The van der Waals surface area contributed by atoms with E-state index in [4.69, 9.17) is 22.7 Å². The van der Waals surface area contributed by atoms with Crippen molar-refractivity contribution in [1.82, 2.24) is 0 Å². The Kier molecular flexibility index (Phi) is 5.39. The smallest absolute Gasteiger partial charge is 0.419 e. The number of nitrogens with two attached hydrogens (primary N) is 1. The van der Waals surface area contributed by atoms with E-state index in [1.807, 2.05) is 13.8 Å². The molecular formula is C14H18F3NOS. The number of benzene rings is 1. The van der Waals surface area contributed by atoms with Gasteiger partial charge in [0.15, 0.2) is 0 Å². The summed E-state index contributed by atoms with van der Waals surface area (Å²) in [5.74, 6) is -0.145. The van der Waals surface area contributed by atoms with Crippen molar-refractivity contribution < 1.29 is 17.9 Å². The molecule has 112 valence electrons. The van der Waals surface area contributed by atoms with Crippen molar-refractivity contribution >= 4 is 17.2 Å². The second-order valence-corrected chi connectivity index (χ2v) is 5.63. The first kappa shape index (κ1) is 16.8. The Balaban J connectivity index is 2.58. The van der Waals surface area contributed by atoms with E-state index in [2.05, 4.69) is 0 Å². The van der Waals surface area contributed by atoms with Crippen LogP contribution in [0, 0.1) is 5.41 Å². The van der Waals surface area contributed by atoms with E-state index in [-0.39, 0.29) is 17.8 Å². The lowest BCUT2D eigenvalue weighted by atomic mass is 9.88. The highest BCUT2D eigenvalue weighted by atomic mass is 32.1. The van der Waals surface area contributed by atoms with Crippen molar-refractivity contribution in [2.45, 2.75) is 32.9 Å². The van der Waals surface area contributed by atoms with E-state index in [0.29, 0.717) is 17.8 Å². The van der Waals surface area contributed by atoms with Crippen LogP contribution in [0.3, 0.4) is 0 Å². The lowest BCUT2D eigenvalue weighted by Crippen LogP contribution is -2.30. The van der Waals surface area contributed by atoms with Crippen LogP contribution in [0.5, 0.6) is 5.75 Å². The van der Waals surface area contributed by atoms with E-state index >= 15 is 0 Å². The first-order valence-corrected chi connectivity index (χ1v) is 6.64. The van der Waals surface area contributed by atoms with Crippen LogP contribution < -0.4 is 10.5 Å². The third kappa shape index (κ3) is 4.67. The van der Waals surface area contributed by atoms with Gasteiger partial charge < -0.3 is 10.5 Å². The summed E-state index contributed by atoms with van der Waals surface area (Å²) in [7, 11) is 0. The van der Waals surface area contributed by atoms with Gasteiger partial charge >= 0.3 is 6.18 Å². The molecule has 1 aromatic rings. The number of rotatable bonds is 6. The largest absolute Gasteiger partial charge is 0.493 e. The zero-order valence-corrected chi connectivity index (χ0v) is 12.3. The number of thiocarbonyl (C=S) groups is 1. The standard InChI is InChI=1S/C14H18F3NOS/c1-13(2,12(18)20)8-5-9-19-11-7-4-3-6-10(11)14(15,16)17/h3-4,6-7H,5,8-9H2,1-2H3,(H2,18,20). The van der Waals surface area contributed by atoms with E-state index in [0.717, 1.165) is 6.07 Å². The maximum Gasteiger partial charge on any atom is 0.419 e. The van der Waals surface area contributed by atoms with Gasteiger partial charge in [-0.2, -0.15) is 13.2 Å². The highest BCUT2D eigenvalue weighted by Crippen LogP contribution is 2.36. The summed E-state index contributed by atoms with van der Waals surface area (Å²) in [6.45, 7) is 4.00. The zero-order chi connectivity index (χ0) is 15.4. The fourth-order valence-electron chi connectivity index (χ4n) is 1.65. The molecule has 0 atom stereocenters. The Morgan fingerprint density at radius 2 is 1.85 bits per heavy atom. The molecule has 1 rings (SSSR count). The number of hydrogen-bond acceptors (Lipinski definition) is 2. The Labute approximate surface area is 122 Å². The predicted molar refractivity (Wildman–Crippen MR) is 76.7 cm³/mol. The first-order chi connectivity index (χ1) is 9.14. The fourth-order valence-corrected chi connectivity index (χ4v) is 1.75. The predicted octanol–water partition coefficient (Wildman–Crippen LogP) is 4.18. The van der Waals surface area contributed by atoms with E-state index in [1.54, 1.807) is 0 Å². The van der Waals surface area contributed by atoms with Crippen molar-refractivity contribution in [2.75, 3.05) is 6.61 Å². The normalized spacial score (nSPS) is 12.2. The lowest BCUT2D eigenvalue weighted by molar-refractivity contribution is -0.139. The molecule has 20 heavy (non-hydrogen) atoms. The van der Waals surface area contributed by atoms with Crippen LogP contribution in [0.15, 0.2) is 24.3 Å². The van der Waals surface area contributed by atoms with Crippen molar-refractivity contribution in [1.29, 1.82) is 0 Å². The first-order valence-electron chi connectivity index (χ1n) is 6.23. The third-order valence-corrected chi connectivity index (χ3v) is 3.62. The molecule has 1 aromatic carbocycles. The van der Waals surface area contributed by atoms with Gasteiger partial charge in [0, 0.05) is 5.41 Å². The SMILES string of the molecule is CC(C)(CCCOc1ccccc1C(F)(F)F)C(N)=S. The monoisotopic (exact) mass is 305 g/mol. The molecule has 0 spiro atoms. The number of alkyl halides is 3. The maximum absolute atomic E-state index is 12.7. The van der Waals surface area contributed by atoms with Crippen LogP contribution in [0.2, 0.25) is 0 Å². The minimum atomic E-state index is -4.41. The van der Waals surface area contributed by atoms with Crippen LogP contribution in [0.1, 0.15) is 32.3 Å². The Hall–Kier alpha value is -1.30. The van der Waals surface area contributed by atoms with Gasteiger partial charge in [0.2, 0.25) is 0 Å². The Morgan fingerprint density at radius 1 is 1.25 bits per heavy atom. The van der Waals surface area contributed by atoms with Gasteiger partial charge in [-0.1, -0.05) is 38.2 Å². The third-order valence-electron chi connectivity index (χ3n) is 3.06. The van der Waals surface area contributed by atoms with Crippen LogP contribution in [-0.2, 0) is 6.18 Å².